The second-order valence-corrected chi connectivity index (χ2v) is 3.42. The van der Waals surface area contributed by atoms with Crippen LogP contribution in [0, 0.1) is 11.3 Å². The molecule has 0 unspecified atom stereocenters. The Bertz CT molecular complexity index is 623. The first-order chi connectivity index (χ1) is 8.41. The maximum atomic E-state index is 12.4. The number of nitriles is 1. The van der Waals surface area contributed by atoms with Crippen molar-refractivity contribution in [1.29, 1.82) is 5.26 Å². The zero-order chi connectivity index (χ0) is 13.3. The van der Waals surface area contributed by atoms with Crippen molar-refractivity contribution in [2.45, 2.75) is 6.18 Å². The summed E-state index contributed by atoms with van der Waals surface area (Å²) < 4.78 is 38.1. The van der Waals surface area contributed by atoms with Gasteiger partial charge in [0.1, 0.15) is 6.07 Å². The van der Waals surface area contributed by atoms with Crippen LogP contribution in [0.3, 0.4) is 0 Å². The van der Waals surface area contributed by atoms with Gasteiger partial charge in [-0.05, 0) is 6.07 Å². The first-order valence-electron chi connectivity index (χ1n) is 4.69. The maximum absolute atomic E-state index is 12.4. The van der Waals surface area contributed by atoms with Crippen LogP contribution in [0.2, 0.25) is 0 Å². The first-order valence-corrected chi connectivity index (χ1v) is 4.69. The molecule has 0 amide bonds. The number of nitrogens with zero attached hydrogens (tertiary/aromatic N) is 4. The molecule has 0 aliphatic heterocycles. The summed E-state index contributed by atoms with van der Waals surface area (Å²) in [5.41, 5.74) is 4.82. The van der Waals surface area contributed by atoms with Crippen molar-refractivity contribution in [1.82, 2.24) is 14.8 Å². The number of nitrogen functional groups attached to an aromatic ring is 1. The largest absolute Gasteiger partial charge is 0.419 e. The van der Waals surface area contributed by atoms with Crippen molar-refractivity contribution in [3.05, 3.63) is 35.8 Å². The smallest absolute Gasteiger partial charge is 0.397 e. The van der Waals surface area contributed by atoms with Gasteiger partial charge in [0.15, 0.2) is 5.82 Å². The van der Waals surface area contributed by atoms with Gasteiger partial charge < -0.3 is 5.73 Å². The lowest BCUT2D eigenvalue weighted by Crippen LogP contribution is -2.04. The van der Waals surface area contributed by atoms with E-state index >= 15 is 0 Å². The summed E-state index contributed by atoms with van der Waals surface area (Å²) in [6.07, 6.45) is -1.82. The quantitative estimate of drug-likeness (QED) is 0.839. The molecule has 0 saturated heterocycles. The zero-order valence-electron chi connectivity index (χ0n) is 8.81. The minimum atomic E-state index is -4.49. The molecule has 2 aromatic heterocycles. The molecule has 0 saturated carbocycles. The third kappa shape index (κ3) is 2.10. The third-order valence-corrected chi connectivity index (χ3v) is 2.14. The van der Waals surface area contributed by atoms with E-state index in [1.54, 1.807) is 6.07 Å². The fourth-order valence-electron chi connectivity index (χ4n) is 1.32. The van der Waals surface area contributed by atoms with Crippen LogP contribution >= 0.6 is 0 Å². The van der Waals surface area contributed by atoms with E-state index in [2.05, 4.69) is 10.1 Å². The molecule has 0 fully saturated rings. The summed E-state index contributed by atoms with van der Waals surface area (Å²) in [4.78, 5) is 3.80. The Morgan fingerprint density at radius 1 is 1.33 bits per heavy atom. The number of anilines is 1. The molecule has 2 aromatic rings. The Morgan fingerprint density at radius 3 is 2.61 bits per heavy atom. The van der Waals surface area contributed by atoms with E-state index < -0.39 is 11.7 Å². The molecule has 2 rings (SSSR count). The highest BCUT2D eigenvalue weighted by atomic mass is 19.4. The predicted molar refractivity (Wildman–Crippen MR) is 55.5 cm³/mol. The van der Waals surface area contributed by atoms with E-state index in [1.165, 1.54) is 12.3 Å². The van der Waals surface area contributed by atoms with Crippen LogP contribution in [0.15, 0.2) is 24.7 Å². The summed E-state index contributed by atoms with van der Waals surface area (Å²) in [5.74, 6) is 0.00204. The van der Waals surface area contributed by atoms with Crippen LogP contribution in [0.1, 0.15) is 11.1 Å². The van der Waals surface area contributed by atoms with E-state index in [-0.39, 0.29) is 17.1 Å². The predicted octanol–water partition coefficient (Wildman–Crippen LogP) is 1.74. The second-order valence-electron chi connectivity index (χ2n) is 3.42. The fraction of sp³-hybridized carbons (Fsp3) is 0.100. The Labute approximate surface area is 99.3 Å². The third-order valence-electron chi connectivity index (χ3n) is 2.14. The average molecular weight is 253 g/mol. The van der Waals surface area contributed by atoms with E-state index in [4.69, 9.17) is 11.0 Å². The van der Waals surface area contributed by atoms with Crippen LogP contribution in [-0.4, -0.2) is 14.8 Å². The lowest BCUT2D eigenvalue weighted by molar-refractivity contribution is -0.137. The van der Waals surface area contributed by atoms with Crippen molar-refractivity contribution in [2.75, 3.05) is 5.73 Å². The molecule has 2 heterocycles. The van der Waals surface area contributed by atoms with Gasteiger partial charge in [0.2, 0.25) is 0 Å². The molecule has 5 nitrogen and oxygen atoms in total. The van der Waals surface area contributed by atoms with Gasteiger partial charge in [-0.25, -0.2) is 9.67 Å². The molecule has 0 aliphatic carbocycles. The van der Waals surface area contributed by atoms with Crippen molar-refractivity contribution in [2.24, 2.45) is 0 Å². The molecule has 0 aromatic carbocycles. The number of hydrogen-bond donors (Lipinski definition) is 1. The summed E-state index contributed by atoms with van der Waals surface area (Å²) in [5, 5.41) is 12.4. The maximum Gasteiger partial charge on any atom is 0.419 e. The van der Waals surface area contributed by atoms with Crippen LogP contribution < -0.4 is 5.73 Å². The van der Waals surface area contributed by atoms with E-state index in [0.717, 1.165) is 10.9 Å². The molecule has 0 aliphatic rings. The summed E-state index contributed by atoms with van der Waals surface area (Å²) in [6.45, 7) is 0. The molecule has 2 N–H and O–H groups in total. The van der Waals surface area contributed by atoms with Gasteiger partial charge in [0, 0.05) is 6.20 Å². The second kappa shape index (κ2) is 4.03. The van der Waals surface area contributed by atoms with Crippen LogP contribution in [0.5, 0.6) is 0 Å². The molecule has 0 radical (unpaired) electrons. The zero-order valence-corrected chi connectivity index (χ0v) is 8.81. The van der Waals surface area contributed by atoms with Gasteiger partial charge in [0.05, 0.1) is 29.2 Å². The van der Waals surface area contributed by atoms with Crippen LogP contribution in [0.4, 0.5) is 18.9 Å². The lowest BCUT2D eigenvalue weighted by atomic mass is 10.2. The number of rotatable bonds is 1. The summed E-state index contributed by atoms with van der Waals surface area (Å²) >= 11 is 0. The van der Waals surface area contributed by atoms with E-state index in [0.29, 0.717) is 6.20 Å². The highest BCUT2D eigenvalue weighted by Gasteiger charge is 2.32. The summed E-state index contributed by atoms with van der Waals surface area (Å²) in [6, 6.07) is 3.12. The number of pyridine rings is 1. The van der Waals surface area contributed by atoms with Crippen molar-refractivity contribution in [3.63, 3.8) is 0 Å². The molecular weight excluding hydrogens is 247 g/mol. The van der Waals surface area contributed by atoms with Gasteiger partial charge in [-0.2, -0.15) is 23.5 Å². The molecule has 92 valence electrons. The Hall–Kier alpha value is -2.56. The van der Waals surface area contributed by atoms with Gasteiger partial charge in [-0.1, -0.05) is 0 Å². The number of halogens is 3. The number of nitrogens with two attached hydrogens (primary N) is 1. The lowest BCUT2D eigenvalue weighted by Gasteiger charge is -2.04. The van der Waals surface area contributed by atoms with Crippen molar-refractivity contribution in [3.8, 4) is 11.9 Å². The minimum Gasteiger partial charge on any atom is -0.397 e. The number of alkyl halides is 3. The first kappa shape index (κ1) is 11.9. The topological polar surface area (TPSA) is 80.5 Å². The standard InChI is InChI=1S/C10H6F3N5/c11-10(12,13)7-3-17-18(5-7)9-6(2-14)1-8(15)4-16-9/h1,3-5H,15H2. The normalized spacial score (nSPS) is 11.2. The molecule has 0 atom stereocenters. The van der Waals surface area contributed by atoms with Crippen LogP contribution in [0.25, 0.3) is 5.82 Å². The van der Waals surface area contributed by atoms with Gasteiger partial charge in [0.25, 0.3) is 0 Å². The highest BCUT2D eigenvalue weighted by molar-refractivity contribution is 5.51. The monoisotopic (exact) mass is 253 g/mol. The molecule has 0 bridgehead atoms. The van der Waals surface area contributed by atoms with Crippen molar-refractivity contribution >= 4 is 5.69 Å². The van der Waals surface area contributed by atoms with Crippen molar-refractivity contribution < 1.29 is 13.2 Å². The highest BCUT2D eigenvalue weighted by Crippen LogP contribution is 2.29. The Balaban J connectivity index is 2.50. The number of aromatic nitrogens is 3. The van der Waals surface area contributed by atoms with Gasteiger partial charge in [-0.3, -0.25) is 0 Å². The van der Waals surface area contributed by atoms with Crippen LogP contribution in [-0.2, 0) is 6.18 Å². The Kier molecular flexibility index (Phi) is 2.67. The number of hydrogen-bond acceptors (Lipinski definition) is 4. The SMILES string of the molecule is N#Cc1cc(N)cnc1-n1cc(C(F)(F)F)cn1. The molecule has 18 heavy (non-hydrogen) atoms. The van der Waals surface area contributed by atoms with Gasteiger partial charge in [-0.15, -0.1) is 0 Å². The summed E-state index contributed by atoms with van der Waals surface area (Å²) in [7, 11) is 0. The van der Waals surface area contributed by atoms with E-state index in [1.807, 2.05) is 0 Å². The minimum absolute atomic E-state index is 0.00204. The average Bonchev–Trinajstić information content (AvgIpc) is 2.77. The Morgan fingerprint density at radius 2 is 2.06 bits per heavy atom. The van der Waals surface area contributed by atoms with Gasteiger partial charge >= 0.3 is 6.18 Å². The molecular formula is C10H6F3N5. The molecule has 0 spiro atoms. The van der Waals surface area contributed by atoms with E-state index in [9.17, 15) is 13.2 Å². The molecule has 8 heteroatoms. The fourth-order valence-corrected chi connectivity index (χ4v) is 1.32.